The Labute approximate surface area is 124 Å². The smallest absolute Gasteiger partial charge is 0.407 e. The third-order valence-corrected chi connectivity index (χ3v) is 5.20. The molecule has 2 aliphatic rings. The van der Waals surface area contributed by atoms with Crippen molar-refractivity contribution in [2.75, 3.05) is 19.7 Å². The molecular weight excluding hydrogens is 268 g/mol. The van der Waals surface area contributed by atoms with Gasteiger partial charge in [-0.25, -0.2) is 4.79 Å². The Bertz CT molecular complexity index is 554. The number of piperidine rings is 1. The number of nitrogens with zero attached hydrogens (tertiary/aromatic N) is 2. The molecule has 2 fully saturated rings. The Hall–Kier alpha value is -1.62. The van der Waals surface area contributed by atoms with Crippen LogP contribution in [0.4, 0.5) is 4.79 Å². The zero-order chi connectivity index (χ0) is 15.3. The lowest BCUT2D eigenvalue weighted by Crippen LogP contribution is -2.78. The lowest BCUT2D eigenvalue weighted by atomic mass is 9.52. The van der Waals surface area contributed by atoms with Gasteiger partial charge in [-0.15, -0.1) is 0 Å². The van der Waals surface area contributed by atoms with Crippen LogP contribution in [-0.2, 0) is 10.2 Å². The number of hydrogen-bond donors (Lipinski definition) is 1. The van der Waals surface area contributed by atoms with Gasteiger partial charge in [-0.3, -0.25) is 4.98 Å². The van der Waals surface area contributed by atoms with Gasteiger partial charge in [0.05, 0.1) is 24.3 Å². The molecule has 3 rings (SSSR count). The van der Waals surface area contributed by atoms with Crippen LogP contribution in [0.2, 0.25) is 0 Å². The Kier molecular flexibility index (Phi) is 3.03. The van der Waals surface area contributed by atoms with Crippen molar-refractivity contribution in [2.45, 2.75) is 38.2 Å². The van der Waals surface area contributed by atoms with E-state index in [-0.39, 0.29) is 10.8 Å². The summed E-state index contributed by atoms with van der Waals surface area (Å²) in [4.78, 5) is 17.4. The van der Waals surface area contributed by atoms with Crippen molar-refractivity contribution < 1.29 is 14.6 Å². The van der Waals surface area contributed by atoms with E-state index in [1.807, 2.05) is 18.2 Å². The summed E-state index contributed by atoms with van der Waals surface area (Å²) < 4.78 is 6.08. The molecule has 114 valence electrons. The summed E-state index contributed by atoms with van der Waals surface area (Å²) in [7, 11) is 0. The number of amides is 1. The molecule has 5 nitrogen and oxygen atoms in total. The van der Waals surface area contributed by atoms with E-state index in [9.17, 15) is 9.90 Å². The summed E-state index contributed by atoms with van der Waals surface area (Å²) in [6.45, 7) is 7.92. The molecule has 0 radical (unpaired) electrons. The van der Waals surface area contributed by atoms with Gasteiger partial charge in [0.1, 0.15) is 5.60 Å². The van der Waals surface area contributed by atoms with Gasteiger partial charge < -0.3 is 14.7 Å². The number of hydrogen-bond acceptors (Lipinski definition) is 3. The highest BCUT2D eigenvalue weighted by Gasteiger charge is 2.69. The number of aromatic nitrogens is 1. The third kappa shape index (κ3) is 1.80. The van der Waals surface area contributed by atoms with Crippen LogP contribution < -0.4 is 0 Å². The fraction of sp³-hybridized carbons (Fsp3) is 0.625. The zero-order valence-electron chi connectivity index (χ0n) is 12.8. The molecule has 2 atom stereocenters. The van der Waals surface area contributed by atoms with Crippen molar-refractivity contribution in [1.29, 1.82) is 0 Å². The van der Waals surface area contributed by atoms with Crippen LogP contribution in [0.25, 0.3) is 0 Å². The Morgan fingerprint density at radius 2 is 2.19 bits per heavy atom. The molecule has 1 aromatic heterocycles. The van der Waals surface area contributed by atoms with Crippen molar-refractivity contribution in [1.82, 2.24) is 9.88 Å². The molecule has 1 N–H and O–H groups in total. The highest BCUT2D eigenvalue weighted by Crippen LogP contribution is 2.59. The standard InChI is InChI=1S/C16H22N2O3/c1-14(2,3)16-10-18(13(19)20)9-7-15(16,11-21-16)12-6-4-5-8-17-12/h4-6,8H,7,9-11H2,1-3H3,(H,19,20)/t15-,16+/m0/s1. The van der Waals surface area contributed by atoms with Gasteiger partial charge in [-0.05, 0) is 24.0 Å². The van der Waals surface area contributed by atoms with E-state index in [0.29, 0.717) is 19.7 Å². The summed E-state index contributed by atoms with van der Waals surface area (Å²) in [5.41, 5.74) is 0.164. The highest BCUT2D eigenvalue weighted by molar-refractivity contribution is 5.65. The lowest BCUT2D eigenvalue weighted by Gasteiger charge is -2.67. The number of pyridine rings is 1. The van der Waals surface area contributed by atoms with Gasteiger partial charge in [0, 0.05) is 12.7 Å². The number of likely N-dealkylation sites (tertiary alicyclic amines) is 1. The highest BCUT2D eigenvalue weighted by atomic mass is 16.5. The van der Waals surface area contributed by atoms with E-state index in [1.165, 1.54) is 4.90 Å². The van der Waals surface area contributed by atoms with E-state index in [0.717, 1.165) is 12.1 Å². The van der Waals surface area contributed by atoms with E-state index in [2.05, 4.69) is 25.8 Å². The van der Waals surface area contributed by atoms with Gasteiger partial charge in [0.25, 0.3) is 0 Å². The predicted octanol–water partition coefficient (Wildman–Crippen LogP) is 2.52. The molecule has 0 spiro atoms. The van der Waals surface area contributed by atoms with Crippen molar-refractivity contribution in [3.8, 4) is 0 Å². The SMILES string of the molecule is CC(C)(C)[C@]12CN(C(=O)O)CC[C@@]1(c1ccccn1)CO2. The maximum Gasteiger partial charge on any atom is 0.407 e. The number of fused-ring (bicyclic) bond motifs is 1. The van der Waals surface area contributed by atoms with Crippen LogP contribution >= 0.6 is 0 Å². The summed E-state index contributed by atoms with van der Waals surface area (Å²) >= 11 is 0. The Morgan fingerprint density at radius 1 is 1.43 bits per heavy atom. The minimum absolute atomic E-state index is 0.170. The Morgan fingerprint density at radius 3 is 2.67 bits per heavy atom. The molecule has 2 saturated heterocycles. The van der Waals surface area contributed by atoms with Crippen molar-refractivity contribution >= 4 is 6.09 Å². The molecule has 1 aromatic rings. The van der Waals surface area contributed by atoms with Gasteiger partial charge in [0.15, 0.2) is 0 Å². The van der Waals surface area contributed by atoms with Crippen LogP contribution in [0, 0.1) is 5.41 Å². The Balaban J connectivity index is 2.07. The topological polar surface area (TPSA) is 62.7 Å². The second-order valence-corrected chi connectivity index (χ2v) is 7.12. The molecule has 21 heavy (non-hydrogen) atoms. The van der Waals surface area contributed by atoms with Crippen LogP contribution in [0.1, 0.15) is 32.9 Å². The summed E-state index contributed by atoms with van der Waals surface area (Å²) in [6, 6.07) is 5.94. The van der Waals surface area contributed by atoms with E-state index in [1.54, 1.807) is 6.20 Å². The van der Waals surface area contributed by atoms with Gasteiger partial charge in [-0.2, -0.15) is 0 Å². The lowest BCUT2D eigenvalue weighted by molar-refractivity contribution is -0.295. The first-order chi connectivity index (χ1) is 9.82. The fourth-order valence-electron chi connectivity index (χ4n) is 3.95. The summed E-state index contributed by atoms with van der Waals surface area (Å²) in [5.74, 6) is 0. The van der Waals surface area contributed by atoms with Crippen LogP contribution in [-0.4, -0.2) is 46.4 Å². The van der Waals surface area contributed by atoms with Gasteiger partial charge in [-0.1, -0.05) is 26.8 Å². The number of rotatable bonds is 1. The third-order valence-electron chi connectivity index (χ3n) is 5.20. The molecule has 2 aliphatic heterocycles. The minimum atomic E-state index is -0.872. The van der Waals surface area contributed by atoms with Gasteiger partial charge >= 0.3 is 6.09 Å². The first kappa shape index (κ1) is 14.3. The first-order valence-corrected chi connectivity index (χ1v) is 7.36. The summed E-state index contributed by atoms with van der Waals surface area (Å²) in [5, 5.41) is 9.36. The molecule has 0 aromatic carbocycles. The van der Waals surface area contributed by atoms with Crippen LogP contribution in [0.5, 0.6) is 0 Å². The molecule has 5 heteroatoms. The number of ether oxygens (including phenoxy) is 1. The first-order valence-electron chi connectivity index (χ1n) is 7.36. The molecule has 0 bridgehead atoms. The second-order valence-electron chi connectivity index (χ2n) is 7.12. The van der Waals surface area contributed by atoms with Crippen LogP contribution in [0.3, 0.4) is 0 Å². The monoisotopic (exact) mass is 290 g/mol. The van der Waals surface area contributed by atoms with Crippen molar-refractivity contribution in [2.24, 2.45) is 5.41 Å². The van der Waals surface area contributed by atoms with Gasteiger partial charge in [0.2, 0.25) is 0 Å². The molecular formula is C16H22N2O3. The van der Waals surface area contributed by atoms with E-state index in [4.69, 9.17) is 4.74 Å². The minimum Gasteiger partial charge on any atom is -0.465 e. The normalized spacial score (nSPS) is 32.2. The fourth-order valence-corrected chi connectivity index (χ4v) is 3.95. The average molecular weight is 290 g/mol. The summed E-state index contributed by atoms with van der Waals surface area (Å²) in [6.07, 6.45) is 1.69. The molecule has 0 unspecified atom stereocenters. The van der Waals surface area contributed by atoms with Crippen LogP contribution in [0.15, 0.2) is 24.4 Å². The zero-order valence-corrected chi connectivity index (χ0v) is 12.8. The maximum absolute atomic E-state index is 11.4. The average Bonchev–Trinajstić information content (AvgIpc) is 2.40. The van der Waals surface area contributed by atoms with E-state index < -0.39 is 11.7 Å². The second kappa shape index (κ2) is 4.44. The quantitative estimate of drug-likeness (QED) is 0.863. The largest absolute Gasteiger partial charge is 0.465 e. The van der Waals surface area contributed by atoms with Crippen molar-refractivity contribution in [3.63, 3.8) is 0 Å². The van der Waals surface area contributed by atoms with Crippen molar-refractivity contribution in [3.05, 3.63) is 30.1 Å². The molecule has 0 saturated carbocycles. The van der Waals surface area contributed by atoms with E-state index >= 15 is 0 Å². The molecule has 0 aliphatic carbocycles. The predicted molar refractivity (Wildman–Crippen MR) is 78.3 cm³/mol. The molecule has 3 heterocycles. The number of carbonyl (C=O) groups is 1. The molecule has 1 amide bonds. The number of carboxylic acid groups (broad SMARTS) is 1. The maximum atomic E-state index is 11.4.